The highest BCUT2D eigenvalue weighted by molar-refractivity contribution is 6.05. The van der Waals surface area contributed by atoms with E-state index < -0.39 is 12.1 Å². The summed E-state index contributed by atoms with van der Waals surface area (Å²) >= 11 is 0. The van der Waals surface area contributed by atoms with Gasteiger partial charge in [0, 0.05) is 30.8 Å². The lowest BCUT2D eigenvalue weighted by Crippen LogP contribution is -2.25. The molecular weight excluding hydrogens is 384 g/mol. The van der Waals surface area contributed by atoms with E-state index >= 15 is 0 Å². The predicted molar refractivity (Wildman–Crippen MR) is 111 cm³/mol. The van der Waals surface area contributed by atoms with Gasteiger partial charge in [0.2, 0.25) is 11.7 Å². The third kappa shape index (κ3) is 4.35. The maximum absolute atomic E-state index is 12.7. The van der Waals surface area contributed by atoms with Gasteiger partial charge >= 0.3 is 5.97 Å². The van der Waals surface area contributed by atoms with E-state index in [4.69, 9.17) is 4.74 Å². The van der Waals surface area contributed by atoms with Crippen LogP contribution >= 0.6 is 0 Å². The second kappa shape index (κ2) is 8.65. The molecular formula is C23H26N2O5. The smallest absolute Gasteiger partial charge is 0.338 e. The molecule has 7 nitrogen and oxygen atoms in total. The maximum Gasteiger partial charge on any atom is 0.338 e. The van der Waals surface area contributed by atoms with Crippen LogP contribution in [-0.2, 0) is 16.1 Å². The van der Waals surface area contributed by atoms with Gasteiger partial charge in [-0.05, 0) is 57.4 Å². The standard InChI is InChI=1S/C23H26N2O5/c1-13-20(15(3)26)14(2)24-21(13)22(28)16(4)30-23(29)18-9-7-17(8-10-18)12-25-11-5-6-19(25)27/h7-10,16,24H,5-6,11-12H2,1-4H3/t16-/m0/s1. The number of benzene rings is 1. The average Bonchev–Trinajstić information content (AvgIpc) is 3.23. The van der Waals surface area contributed by atoms with Crippen LogP contribution in [0.25, 0.3) is 0 Å². The Labute approximate surface area is 175 Å². The Morgan fingerprint density at radius 2 is 1.83 bits per heavy atom. The van der Waals surface area contributed by atoms with Crippen molar-refractivity contribution in [2.75, 3.05) is 6.54 Å². The lowest BCUT2D eigenvalue weighted by molar-refractivity contribution is -0.128. The Morgan fingerprint density at radius 1 is 1.17 bits per heavy atom. The minimum Gasteiger partial charge on any atom is -0.451 e. The van der Waals surface area contributed by atoms with Gasteiger partial charge in [-0.2, -0.15) is 0 Å². The van der Waals surface area contributed by atoms with Crippen molar-refractivity contribution in [1.82, 2.24) is 9.88 Å². The molecule has 0 spiro atoms. The van der Waals surface area contributed by atoms with Crippen LogP contribution in [0.3, 0.4) is 0 Å². The van der Waals surface area contributed by atoms with E-state index in [2.05, 4.69) is 4.98 Å². The number of ether oxygens (including phenoxy) is 1. The highest BCUT2D eigenvalue weighted by Crippen LogP contribution is 2.21. The van der Waals surface area contributed by atoms with Gasteiger partial charge in [0.25, 0.3) is 0 Å². The molecule has 0 unspecified atom stereocenters. The number of carbonyl (C=O) groups is 4. The van der Waals surface area contributed by atoms with Crippen molar-refractivity contribution >= 4 is 23.4 Å². The zero-order valence-electron chi connectivity index (χ0n) is 17.7. The summed E-state index contributed by atoms with van der Waals surface area (Å²) in [5.74, 6) is -0.970. The number of hydrogen-bond acceptors (Lipinski definition) is 5. The van der Waals surface area contributed by atoms with Gasteiger partial charge in [0.15, 0.2) is 11.9 Å². The van der Waals surface area contributed by atoms with Gasteiger partial charge in [0.1, 0.15) is 0 Å². The minimum absolute atomic E-state index is 0.124. The summed E-state index contributed by atoms with van der Waals surface area (Å²) in [4.78, 5) is 53.4. The van der Waals surface area contributed by atoms with E-state index in [1.54, 1.807) is 43.0 Å². The zero-order valence-corrected chi connectivity index (χ0v) is 17.7. The summed E-state index contributed by atoms with van der Waals surface area (Å²) in [6.07, 6.45) is 0.461. The number of aryl methyl sites for hydroxylation is 1. The van der Waals surface area contributed by atoms with Crippen molar-refractivity contribution in [3.05, 3.63) is 57.9 Å². The molecule has 30 heavy (non-hydrogen) atoms. The Bertz CT molecular complexity index is 1000. The van der Waals surface area contributed by atoms with Crippen molar-refractivity contribution in [2.45, 2.75) is 53.2 Å². The van der Waals surface area contributed by atoms with Gasteiger partial charge in [-0.15, -0.1) is 0 Å². The number of likely N-dealkylation sites (tertiary alicyclic amines) is 1. The summed E-state index contributed by atoms with van der Waals surface area (Å²) in [6.45, 7) is 7.67. The molecule has 1 aromatic heterocycles. The van der Waals surface area contributed by atoms with Crippen LogP contribution in [0.1, 0.15) is 74.7 Å². The van der Waals surface area contributed by atoms with E-state index in [1.807, 2.05) is 0 Å². The number of nitrogens with zero attached hydrogens (tertiary/aromatic N) is 1. The van der Waals surface area contributed by atoms with Crippen LogP contribution in [0, 0.1) is 13.8 Å². The molecule has 0 aliphatic carbocycles. The number of rotatable bonds is 7. The number of amides is 1. The Hall–Kier alpha value is -3.22. The van der Waals surface area contributed by atoms with E-state index in [0.29, 0.717) is 35.3 Å². The molecule has 1 aromatic carbocycles. The molecule has 0 bridgehead atoms. The number of H-pyrrole nitrogens is 1. The monoisotopic (exact) mass is 410 g/mol. The molecule has 7 heteroatoms. The van der Waals surface area contributed by atoms with Crippen LogP contribution in [-0.4, -0.2) is 46.0 Å². The molecule has 1 N–H and O–H groups in total. The average molecular weight is 410 g/mol. The molecule has 0 saturated carbocycles. The second-order valence-electron chi connectivity index (χ2n) is 7.71. The first-order valence-corrected chi connectivity index (χ1v) is 10.0. The van der Waals surface area contributed by atoms with E-state index in [9.17, 15) is 19.2 Å². The molecule has 0 radical (unpaired) electrons. The molecule has 1 aliphatic heterocycles. The van der Waals surface area contributed by atoms with Gasteiger partial charge in [-0.25, -0.2) is 4.79 Å². The van der Waals surface area contributed by atoms with Crippen LogP contribution in [0.4, 0.5) is 0 Å². The highest BCUT2D eigenvalue weighted by atomic mass is 16.5. The molecule has 3 rings (SSSR count). The van der Waals surface area contributed by atoms with Gasteiger partial charge in [-0.1, -0.05) is 12.1 Å². The number of aromatic amines is 1. The Kier molecular flexibility index (Phi) is 6.20. The molecule has 1 saturated heterocycles. The van der Waals surface area contributed by atoms with Crippen molar-refractivity contribution in [3.8, 4) is 0 Å². The molecule has 1 amide bonds. The largest absolute Gasteiger partial charge is 0.451 e. The molecule has 158 valence electrons. The second-order valence-corrected chi connectivity index (χ2v) is 7.71. The fourth-order valence-electron chi connectivity index (χ4n) is 3.85. The normalized spacial score (nSPS) is 14.7. The quantitative estimate of drug-likeness (QED) is 0.558. The molecule has 1 atom stereocenters. The minimum atomic E-state index is -1.00. The van der Waals surface area contributed by atoms with Gasteiger partial charge in [-0.3, -0.25) is 14.4 Å². The third-order valence-corrected chi connectivity index (χ3v) is 5.42. The molecule has 2 aromatic rings. The molecule has 1 fully saturated rings. The first-order chi connectivity index (χ1) is 14.2. The van der Waals surface area contributed by atoms with Crippen molar-refractivity contribution in [3.63, 3.8) is 0 Å². The van der Waals surface area contributed by atoms with Crippen molar-refractivity contribution < 1.29 is 23.9 Å². The summed E-state index contributed by atoms with van der Waals surface area (Å²) in [5.41, 5.74) is 3.21. The number of carbonyl (C=O) groups excluding carboxylic acids is 4. The zero-order chi connectivity index (χ0) is 22.0. The van der Waals surface area contributed by atoms with Crippen LogP contribution < -0.4 is 0 Å². The first-order valence-electron chi connectivity index (χ1n) is 10.0. The lowest BCUT2D eigenvalue weighted by atomic mass is 10.0. The number of esters is 1. The van der Waals surface area contributed by atoms with Crippen LogP contribution in [0.5, 0.6) is 0 Å². The lowest BCUT2D eigenvalue weighted by Gasteiger charge is -2.16. The summed E-state index contributed by atoms with van der Waals surface area (Å²) in [5, 5.41) is 0. The van der Waals surface area contributed by atoms with Gasteiger partial charge < -0.3 is 14.6 Å². The maximum atomic E-state index is 12.7. The fraction of sp³-hybridized carbons (Fsp3) is 0.391. The summed E-state index contributed by atoms with van der Waals surface area (Å²) in [7, 11) is 0. The SMILES string of the molecule is CC(=O)c1c(C)[nH]c(C(=O)[C@H](C)OC(=O)c2ccc(CN3CCCC3=O)cc2)c1C. The molecule has 1 aliphatic rings. The van der Waals surface area contributed by atoms with Crippen LogP contribution in [0.2, 0.25) is 0 Å². The van der Waals surface area contributed by atoms with Crippen molar-refractivity contribution in [1.29, 1.82) is 0 Å². The number of ketones is 2. The van der Waals surface area contributed by atoms with E-state index in [1.165, 1.54) is 13.8 Å². The Morgan fingerprint density at radius 3 is 2.37 bits per heavy atom. The first kappa shape index (κ1) is 21.5. The Balaban J connectivity index is 1.65. The van der Waals surface area contributed by atoms with Crippen molar-refractivity contribution in [2.24, 2.45) is 0 Å². The number of hydrogen-bond donors (Lipinski definition) is 1. The third-order valence-electron chi connectivity index (χ3n) is 5.42. The van der Waals surface area contributed by atoms with E-state index in [-0.39, 0.29) is 23.2 Å². The van der Waals surface area contributed by atoms with Gasteiger partial charge in [0.05, 0.1) is 11.3 Å². The highest BCUT2D eigenvalue weighted by Gasteiger charge is 2.26. The summed E-state index contributed by atoms with van der Waals surface area (Å²) in [6, 6.07) is 6.83. The van der Waals surface area contributed by atoms with E-state index in [0.717, 1.165) is 18.5 Å². The fourth-order valence-corrected chi connectivity index (χ4v) is 3.85. The number of nitrogens with one attached hydrogen (secondary N) is 1. The summed E-state index contributed by atoms with van der Waals surface area (Å²) < 4.78 is 5.35. The molecule has 2 heterocycles. The van der Waals surface area contributed by atoms with Crippen LogP contribution in [0.15, 0.2) is 24.3 Å². The predicted octanol–water partition coefficient (Wildman–Crippen LogP) is 3.38. The topological polar surface area (TPSA) is 96.5 Å². The number of Topliss-reactive ketones (excluding diaryl/α,β-unsaturated/α-hetero) is 2. The number of aromatic nitrogens is 1.